The van der Waals surface area contributed by atoms with Crippen molar-refractivity contribution in [3.05, 3.63) is 35.4 Å². The molecule has 0 saturated carbocycles. The molecule has 6 heteroatoms. The van der Waals surface area contributed by atoms with Crippen molar-refractivity contribution >= 4 is 12.1 Å². The lowest BCUT2D eigenvalue weighted by atomic mass is 10.0. The zero-order valence-corrected chi connectivity index (χ0v) is 16.4. The van der Waals surface area contributed by atoms with Crippen LogP contribution in [0, 0.1) is 5.92 Å². The van der Waals surface area contributed by atoms with Gasteiger partial charge in [0.05, 0.1) is 12.7 Å². The van der Waals surface area contributed by atoms with Gasteiger partial charge in [-0.25, -0.2) is 9.59 Å². The van der Waals surface area contributed by atoms with E-state index in [2.05, 4.69) is 10.2 Å². The summed E-state index contributed by atoms with van der Waals surface area (Å²) in [6.45, 7) is 10.4. The number of amides is 1. The predicted molar refractivity (Wildman–Crippen MR) is 100.0 cm³/mol. The minimum atomic E-state index is -0.484. The van der Waals surface area contributed by atoms with Crippen LogP contribution in [-0.2, 0) is 16.0 Å². The lowest BCUT2D eigenvalue weighted by Crippen LogP contribution is -2.42. The second-order valence-electron chi connectivity index (χ2n) is 7.91. The summed E-state index contributed by atoms with van der Waals surface area (Å²) >= 11 is 0. The van der Waals surface area contributed by atoms with Gasteiger partial charge in [0.2, 0.25) is 0 Å². The third-order valence-electron chi connectivity index (χ3n) is 4.54. The number of benzene rings is 1. The van der Waals surface area contributed by atoms with E-state index in [1.165, 1.54) is 7.11 Å². The van der Waals surface area contributed by atoms with Gasteiger partial charge in [-0.15, -0.1) is 0 Å². The van der Waals surface area contributed by atoms with E-state index in [1.54, 1.807) is 12.1 Å². The fourth-order valence-electron chi connectivity index (χ4n) is 3.15. The molecule has 0 aromatic heterocycles. The van der Waals surface area contributed by atoms with Crippen LogP contribution in [0.4, 0.5) is 4.79 Å². The number of likely N-dealkylation sites (tertiary alicyclic amines) is 1. The van der Waals surface area contributed by atoms with Crippen molar-refractivity contribution in [1.29, 1.82) is 0 Å². The van der Waals surface area contributed by atoms with Crippen molar-refractivity contribution in [2.24, 2.45) is 5.92 Å². The van der Waals surface area contributed by atoms with Crippen LogP contribution in [-0.4, -0.2) is 48.8 Å². The number of esters is 1. The highest BCUT2D eigenvalue weighted by atomic mass is 16.6. The van der Waals surface area contributed by atoms with Gasteiger partial charge in [0, 0.05) is 19.1 Å². The van der Waals surface area contributed by atoms with E-state index < -0.39 is 5.60 Å². The van der Waals surface area contributed by atoms with Gasteiger partial charge in [-0.2, -0.15) is 0 Å². The predicted octanol–water partition coefficient (Wildman–Crippen LogP) is 3.21. The first-order chi connectivity index (χ1) is 12.2. The van der Waals surface area contributed by atoms with Crippen LogP contribution in [0.25, 0.3) is 0 Å². The maximum atomic E-state index is 11.9. The Labute approximate surface area is 155 Å². The molecule has 0 bridgehead atoms. The molecule has 1 N–H and O–H groups in total. The number of nitrogens with one attached hydrogen (secondary N) is 1. The molecule has 2 atom stereocenters. The standard InChI is InChI=1S/C20H30N2O4/c1-14(21-19(24)26-20(2,3)4)17-10-11-22(13-17)12-15-6-8-16(9-7-15)18(23)25-5/h6-9,14,17H,10-13H2,1-5H3,(H,21,24)/t14-,17-/m0/s1. The van der Waals surface area contributed by atoms with Gasteiger partial charge in [-0.3, -0.25) is 4.90 Å². The third kappa shape index (κ3) is 6.02. The smallest absolute Gasteiger partial charge is 0.407 e. The number of carbonyl (C=O) groups is 2. The number of nitrogens with zero attached hydrogens (tertiary/aromatic N) is 1. The molecule has 0 unspecified atom stereocenters. The largest absolute Gasteiger partial charge is 0.465 e. The Kier molecular flexibility index (Phi) is 6.64. The van der Waals surface area contributed by atoms with Gasteiger partial charge < -0.3 is 14.8 Å². The van der Waals surface area contributed by atoms with Crippen molar-refractivity contribution in [3.8, 4) is 0 Å². The molecule has 2 rings (SSSR count). The Bertz CT molecular complexity index is 622. The van der Waals surface area contributed by atoms with Crippen LogP contribution in [0.3, 0.4) is 0 Å². The highest BCUT2D eigenvalue weighted by molar-refractivity contribution is 5.89. The maximum absolute atomic E-state index is 11.9. The number of alkyl carbamates (subject to hydrolysis) is 1. The number of hydrogen-bond donors (Lipinski definition) is 1. The summed E-state index contributed by atoms with van der Waals surface area (Å²) in [5.41, 5.74) is 1.23. The minimum Gasteiger partial charge on any atom is -0.465 e. The third-order valence-corrected chi connectivity index (χ3v) is 4.54. The molecule has 26 heavy (non-hydrogen) atoms. The molecule has 6 nitrogen and oxygen atoms in total. The van der Waals surface area contributed by atoms with E-state index in [-0.39, 0.29) is 18.1 Å². The quantitative estimate of drug-likeness (QED) is 0.815. The first-order valence-electron chi connectivity index (χ1n) is 9.07. The van der Waals surface area contributed by atoms with Crippen molar-refractivity contribution in [2.45, 2.75) is 52.3 Å². The van der Waals surface area contributed by atoms with Crippen LogP contribution >= 0.6 is 0 Å². The fraction of sp³-hybridized carbons (Fsp3) is 0.600. The Morgan fingerprint density at radius 1 is 1.27 bits per heavy atom. The van der Waals surface area contributed by atoms with Gasteiger partial charge in [-0.1, -0.05) is 12.1 Å². The molecular weight excluding hydrogens is 332 g/mol. The second-order valence-corrected chi connectivity index (χ2v) is 7.91. The molecule has 0 aliphatic carbocycles. The zero-order chi connectivity index (χ0) is 19.3. The normalized spacial score (nSPS) is 19.0. The van der Waals surface area contributed by atoms with E-state index in [4.69, 9.17) is 9.47 Å². The van der Waals surface area contributed by atoms with Crippen molar-refractivity contribution < 1.29 is 19.1 Å². The highest BCUT2D eigenvalue weighted by Gasteiger charge is 2.29. The summed E-state index contributed by atoms with van der Waals surface area (Å²) in [4.78, 5) is 25.8. The summed E-state index contributed by atoms with van der Waals surface area (Å²) in [6, 6.07) is 7.57. The molecule has 1 aliphatic rings. The molecule has 0 spiro atoms. The van der Waals surface area contributed by atoms with Gasteiger partial charge in [0.15, 0.2) is 0 Å². The first-order valence-corrected chi connectivity index (χ1v) is 9.07. The number of hydrogen-bond acceptors (Lipinski definition) is 5. The van der Waals surface area contributed by atoms with E-state index in [9.17, 15) is 9.59 Å². The average molecular weight is 362 g/mol. The first kappa shape index (κ1) is 20.2. The van der Waals surface area contributed by atoms with E-state index in [0.29, 0.717) is 11.5 Å². The molecule has 1 aromatic carbocycles. The molecule has 1 aromatic rings. The Morgan fingerprint density at radius 2 is 1.92 bits per heavy atom. The molecule has 1 heterocycles. The maximum Gasteiger partial charge on any atom is 0.407 e. The molecule has 1 saturated heterocycles. The number of methoxy groups -OCH3 is 1. The highest BCUT2D eigenvalue weighted by Crippen LogP contribution is 2.22. The zero-order valence-electron chi connectivity index (χ0n) is 16.4. The van der Waals surface area contributed by atoms with Crippen LogP contribution < -0.4 is 5.32 Å². The van der Waals surface area contributed by atoms with E-state index in [1.807, 2.05) is 39.8 Å². The summed E-state index contributed by atoms with van der Waals surface area (Å²) < 4.78 is 10.0. The molecule has 1 amide bonds. The number of ether oxygens (including phenoxy) is 2. The molecular formula is C20H30N2O4. The van der Waals surface area contributed by atoms with Crippen molar-refractivity contribution in [3.63, 3.8) is 0 Å². The Morgan fingerprint density at radius 3 is 2.50 bits per heavy atom. The van der Waals surface area contributed by atoms with Gasteiger partial charge in [0.25, 0.3) is 0 Å². The average Bonchev–Trinajstić information content (AvgIpc) is 3.01. The topological polar surface area (TPSA) is 67.9 Å². The summed E-state index contributed by atoms with van der Waals surface area (Å²) in [7, 11) is 1.38. The van der Waals surface area contributed by atoms with Crippen molar-refractivity contribution in [2.75, 3.05) is 20.2 Å². The van der Waals surface area contributed by atoms with E-state index >= 15 is 0 Å². The fourth-order valence-corrected chi connectivity index (χ4v) is 3.15. The van der Waals surface area contributed by atoms with Crippen molar-refractivity contribution in [1.82, 2.24) is 10.2 Å². The Balaban J connectivity index is 1.82. The Hall–Kier alpha value is -2.08. The monoisotopic (exact) mass is 362 g/mol. The van der Waals surface area contributed by atoms with Crippen LogP contribution in [0.5, 0.6) is 0 Å². The molecule has 1 aliphatic heterocycles. The molecule has 1 fully saturated rings. The van der Waals surface area contributed by atoms with Gasteiger partial charge >= 0.3 is 12.1 Å². The van der Waals surface area contributed by atoms with Gasteiger partial charge in [-0.05, 0) is 64.3 Å². The second kappa shape index (κ2) is 8.54. The van der Waals surface area contributed by atoms with Gasteiger partial charge in [0.1, 0.15) is 5.60 Å². The van der Waals surface area contributed by atoms with Crippen LogP contribution in [0.15, 0.2) is 24.3 Å². The summed E-state index contributed by atoms with van der Waals surface area (Å²) in [5.74, 6) is 0.0803. The lowest BCUT2D eigenvalue weighted by Gasteiger charge is -2.25. The minimum absolute atomic E-state index is 0.0663. The number of rotatable bonds is 5. The SMILES string of the molecule is COC(=O)c1ccc(CN2CC[C@H]([C@H](C)NC(=O)OC(C)(C)C)C2)cc1. The summed E-state index contributed by atoms with van der Waals surface area (Å²) in [5, 5.41) is 2.95. The molecule has 144 valence electrons. The van der Waals surface area contributed by atoms with Crippen LogP contribution in [0.1, 0.15) is 50.0 Å². The van der Waals surface area contributed by atoms with Crippen LogP contribution in [0.2, 0.25) is 0 Å². The van der Waals surface area contributed by atoms with E-state index in [0.717, 1.165) is 31.6 Å². The molecule has 0 radical (unpaired) electrons. The number of carbonyl (C=O) groups excluding carboxylic acids is 2. The summed E-state index contributed by atoms with van der Waals surface area (Å²) in [6.07, 6.45) is 0.679. The lowest BCUT2D eigenvalue weighted by molar-refractivity contribution is 0.0491.